The third kappa shape index (κ3) is 11.1. The predicted octanol–water partition coefficient (Wildman–Crippen LogP) is 5.54. The van der Waals surface area contributed by atoms with Crippen LogP contribution in [0.3, 0.4) is 0 Å². The van der Waals surface area contributed by atoms with E-state index in [1.54, 1.807) is 0 Å². The SMILES string of the molecule is CCCCCCCC(CC(C)CCC)NCCC. The molecule has 0 bridgehead atoms. The molecule has 0 aliphatic heterocycles. The zero-order chi connectivity index (χ0) is 13.6. The fraction of sp³-hybridized carbons (Fsp3) is 1.00. The molecule has 0 rings (SSSR count). The van der Waals surface area contributed by atoms with Gasteiger partial charge in [0, 0.05) is 6.04 Å². The van der Waals surface area contributed by atoms with Crippen LogP contribution < -0.4 is 5.32 Å². The molecule has 1 heteroatoms. The summed E-state index contributed by atoms with van der Waals surface area (Å²) in [5, 5.41) is 3.75. The number of hydrogen-bond acceptors (Lipinski definition) is 1. The highest BCUT2D eigenvalue weighted by atomic mass is 14.9. The molecular formula is C17H37N. The van der Waals surface area contributed by atoms with Gasteiger partial charge in [-0.3, -0.25) is 0 Å². The molecule has 0 aliphatic rings. The summed E-state index contributed by atoms with van der Waals surface area (Å²) in [5.41, 5.74) is 0. The molecule has 0 aromatic carbocycles. The van der Waals surface area contributed by atoms with Crippen molar-refractivity contribution >= 4 is 0 Å². The summed E-state index contributed by atoms with van der Waals surface area (Å²) in [6.45, 7) is 10.5. The Morgan fingerprint density at radius 3 is 2.11 bits per heavy atom. The van der Waals surface area contributed by atoms with Crippen LogP contribution in [0, 0.1) is 5.92 Å². The van der Waals surface area contributed by atoms with E-state index < -0.39 is 0 Å². The largest absolute Gasteiger partial charge is 0.314 e. The summed E-state index contributed by atoms with van der Waals surface area (Å²) in [7, 11) is 0. The maximum Gasteiger partial charge on any atom is 0.00695 e. The van der Waals surface area contributed by atoms with E-state index in [1.165, 1.54) is 70.8 Å². The molecule has 0 radical (unpaired) electrons. The number of unbranched alkanes of at least 4 members (excludes halogenated alkanes) is 4. The van der Waals surface area contributed by atoms with E-state index in [2.05, 4.69) is 33.0 Å². The van der Waals surface area contributed by atoms with Crippen molar-refractivity contribution in [3.8, 4) is 0 Å². The Hall–Kier alpha value is -0.0400. The van der Waals surface area contributed by atoms with Crippen molar-refractivity contribution in [3.05, 3.63) is 0 Å². The van der Waals surface area contributed by atoms with Gasteiger partial charge in [0.05, 0.1) is 0 Å². The van der Waals surface area contributed by atoms with Gasteiger partial charge < -0.3 is 5.32 Å². The average molecular weight is 255 g/mol. The van der Waals surface area contributed by atoms with Gasteiger partial charge in [0.2, 0.25) is 0 Å². The Bertz CT molecular complexity index is 156. The van der Waals surface area contributed by atoms with Crippen molar-refractivity contribution in [1.82, 2.24) is 5.32 Å². The van der Waals surface area contributed by atoms with Crippen molar-refractivity contribution < 1.29 is 0 Å². The monoisotopic (exact) mass is 255 g/mol. The fourth-order valence-electron chi connectivity index (χ4n) is 2.74. The van der Waals surface area contributed by atoms with E-state index in [-0.39, 0.29) is 0 Å². The molecule has 0 amide bonds. The van der Waals surface area contributed by atoms with Crippen molar-refractivity contribution in [2.24, 2.45) is 5.92 Å². The van der Waals surface area contributed by atoms with Crippen LogP contribution in [0.1, 0.15) is 91.9 Å². The molecule has 1 nitrogen and oxygen atoms in total. The van der Waals surface area contributed by atoms with Crippen LogP contribution in [0.25, 0.3) is 0 Å². The lowest BCUT2D eigenvalue weighted by Gasteiger charge is -2.22. The topological polar surface area (TPSA) is 12.0 Å². The summed E-state index contributed by atoms with van der Waals surface area (Å²) in [5.74, 6) is 0.889. The van der Waals surface area contributed by atoms with Gasteiger partial charge in [-0.2, -0.15) is 0 Å². The fourth-order valence-corrected chi connectivity index (χ4v) is 2.74. The van der Waals surface area contributed by atoms with Crippen LogP contribution in [-0.2, 0) is 0 Å². The lowest BCUT2D eigenvalue weighted by atomic mass is 9.94. The summed E-state index contributed by atoms with van der Waals surface area (Å²) in [6, 6.07) is 0.771. The first-order valence-corrected chi connectivity index (χ1v) is 8.47. The second-order valence-corrected chi connectivity index (χ2v) is 5.98. The molecular weight excluding hydrogens is 218 g/mol. The van der Waals surface area contributed by atoms with Crippen LogP contribution >= 0.6 is 0 Å². The van der Waals surface area contributed by atoms with Crippen LogP contribution in [0.4, 0.5) is 0 Å². The van der Waals surface area contributed by atoms with Crippen LogP contribution in [-0.4, -0.2) is 12.6 Å². The van der Waals surface area contributed by atoms with Crippen molar-refractivity contribution in [3.63, 3.8) is 0 Å². The molecule has 18 heavy (non-hydrogen) atoms. The van der Waals surface area contributed by atoms with E-state index in [0.29, 0.717) is 0 Å². The summed E-state index contributed by atoms with van der Waals surface area (Å²) >= 11 is 0. The maximum absolute atomic E-state index is 3.75. The standard InChI is InChI=1S/C17H37N/c1-5-8-9-10-11-13-17(18-14-7-3)15-16(4)12-6-2/h16-18H,5-15H2,1-4H3. The highest BCUT2D eigenvalue weighted by Gasteiger charge is 2.11. The van der Waals surface area contributed by atoms with Gasteiger partial charge in [0.1, 0.15) is 0 Å². The molecule has 1 N–H and O–H groups in total. The molecule has 0 aromatic heterocycles. The highest BCUT2D eigenvalue weighted by molar-refractivity contribution is 4.70. The second-order valence-electron chi connectivity index (χ2n) is 5.98. The summed E-state index contributed by atoms with van der Waals surface area (Å²) < 4.78 is 0. The van der Waals surface area contributed by atoms with Crippen LogP contribution in [0.15, 0.2) is 0 Å². The smallest absolute Gasteiger partial charge is 0.00695 e. The van der Waals surface area contributed by atoms with E-state index in [0.717, 1.165) is 12.0 Å². The molecule has 0 heterocycles. The van der Waals surface area contributed by atoms with Gasteiger partial charge in [0.15, 0.2) is 0 Å². The summed E-state index contributed by atoms with van der Waals surface area (Å²) in [4.78, 5) is 0. The van der Waals surface area contributed by atoms with E-state index in [4.69, 9.17) is 0 Å². The quantitative estimate of drug-likeness (QED) is 0.426. The molecule has 0 saturated carbocycles. The minimum atomic E-state index is 0.771. The van der Waals surface area contributed by atoms with Crippen molar-refractivity contribution in [2.45, 2.75) is 97.9 Å². The van der Waals surface area contributed by atoms with E-state index in [9.17, 15) is 0 Å². The molecule has 2 atom stereocenters. The minimum absolute atomic E-state index is 0.771. The summed E-state index contributed by atoms with van der Waals surface area (Å²) in [6.07, 6.45) is 13.8. The van der Waals surface area contributed by atoms with Crippen LogP contribution in [0.2, 0.25) is 0 Å². The first-order chi connectivity index (χ1) is 8.74. The Balaban J connectivity index is 3.75. The Labute approximate surface area is 116 Å². The zero-order valence-electron chi connectivity index (χ0n) is 13.4. The maximum atomic E-state index is 3.75. The van der Waals surface area contributed by atoms with Gasteiger partial charge in [-0.25, -0.2) is 0 Å². The van der Waals surface area contributed by atoms with Crippen molar-refractivity contribution in [2.75, 3.05) is 6.54 Å². The van der Waals surface area contributed by atoms with Gasteiger partial charge in [-0.1, -0.05) is 72.6 Å². The Morgan fingerprint density at radius 1 is 0.778 bits per heavy atom. The van der Waals surface area contributed by atoms with Gasteiger partial charge in [-0.15, -0.1) is 0 Å². The predicted molar refractivity (Wildman–Crippen MR) is 84.1 cm³/mol. The number of hydrogen-bond donors (Lipinski definition) is 1. The average Bonchev–Trinajstić information content (AvgIpc) is 2.35. The van der Waals surface area contributed by atoms with Gasteiger partial charge in [0.25, 0.3) is 0 Å². The Kier molecular flexibility index (Phi) is 13.4. The minimum Gasteiger partial charge on any atom is -0.314 e. The normalized spacial score (nSPS) is 14.7. The van der Waals surface area contributed by atoms with Gasteiger partial charge in [-0.05, 0) is 31.7 Å². The Morgan fingerprint density at radius 2 is 1.50 bits per heavy atom. The highest BCUT2D eigenvalue weighted by Crippen LogP contribution is 2.17. The third-order valence-electron chi connectivity index (χ3n) is 3.81. The molecule has 0 fully saturated rings. The van der Waals surface area contributed by atoms with Gasteiger partial charge >= 0.3 is 0 Å². The molecule has 0 saturated heterocycles. The molecule has 0 spiro atoms. The first kappa shape index (κ1) is 18.0. The second kappa shape index (κ2) is 13.4. The molecule has 0 aromatic rings. The molecule has 110 valence electrons. The van der Waals surface area contributed by atoms with E-state index >= 15 is 0 Å². The van der Waals surface area contributed by atoms with Crippen LogP contribution in [0.5, 0.6) is 0 Å². The van der Waals surface area contributed by atoms with E-state index in [1.807, 2.05) is 0 Å². The zero-order valence-corrected chi connectivity index (χ0v) is 13.4. The molecule has 0 aliphatic carbocycles. The van der Waals surface area contributed by atoms with Crippen molar-refractivity contribution in [1.29, 1.82) is 0 Å². The number of rotatable bonds is 13. The lowest BCUT2D eigenvalue weighted by Crippen LogP contribution is -2.31. The lowest BCUT2D eigenvalue weighted by molar-refractivity contribution is 0.358. The number of nitrogens with one attached hydrogen (secondary N) is 1. The molecule has 2 unspecified atom stereocenters. The third-order valence-corrected chi connectivity index (χ3v) is 3.81. The first-order valence-electron chi connectivity index (χ1n) is 8.47.